The molecule has 18 heavy (non-hydrogen) atoms. The van der Waals surface area contributed by atoms with Gasteiger partial charge in [0.1, 0.15) is 6.61 Å². The Bertz CT molecular complexity index is 525. The number of hydrogen-bond acceptors (Lipinski definition) is 3. The fraction of sp³-hybridized carbons (Fsp3) is 0.308. The number of aryl methyl sites for hydroxylation is 1. The first kappa shape index (κ1) is 13.0. The Morgan fingerprint density at radius 3 is 2.61 bits per heavy atom. The van der Waals surface area contributed by atoms with E-state index in [1.165, 1.54) is 0 Å². The lowest BCUT2D eigenvalue weighted by Gasteiger charge is -2.08. The molecule has 0 aliphatic heterocycles. The molecule has 1 aromatic heterocycles. The van der Waals surface area contributed by atoms with Crippen molar-refractivity contribution in [3.63, 3.8) is 0 Å². The van der Waals surface area contributed by atoms with Crippen molar-refractivity contribution < 1.29 is 9.47 Å². The van der Waals surface area contributed by atoms with E-state index in [2.05, 4.69) is 27.8 Å². The summed E-state index contributed by atoms with van der Waals surface area (Å²) in [4.78, 5) is 4.37. The van der Waals surface area contributed by atoms with E-state index in [4.69, 9.17) is 9.47 Å². The highest BCUT2D eigenvalue weighted by molar-refractivity contribution is 9.10. The average molecular weight is 311 g/mol. The number of rotatable bonds is 5. The molecule has 2 rings (SSSR count). The summed E-state index contributed by atoms with van der Waals surface area (Å²) in [6, 6.07) is 7.58. The summed E-state index contributed by atoms with van der Waals surface area (Å²) in [6.45, 7) is 3.37. The molecule has 0 unspecified atom stereocenters. The van der Waals surface area contributed by atoms with Crippen LogP contribution in [0.4, 0.5) is 0 Å². The van der Waals surface area contributed by atoms with Gasteiger partial charge in [0.05, 0.1) is 12.8 Å². The number of ether oxygens (including phenoxy) is 2. The second-order valence-corrected chi connectivity index (χ2v) is 4.44. The molecular weight excluding hydrogens is 296 g/mol. The van der Waals surface area contributed by atoms with Crippen LogP contribution in [0.1, 0.15) is 12.6 Å². The molecule has 0 aliphatic carbocycles. The maximum atomic E-state index is 5.71. The Hall–Kier alpha value is -1.49. The standard InChI is InChI=1S/C13H15BrN2O2/c1-3-16-8-10(15-13(16)14)9-18-12-7-5-4-6-11(12)17-2/h4-8H,3,9H2,1-2H3. The third-order valence-electron chi connectivity index (χ3n) is 2.56. The van der Waals surface area contributed by atoms with Crippen LogP contribution in [0, 0.1) is 0 Å². The molecule has 0 atom stereocenters. The fourth-order valence-corrected chi connectivity index (χ4v) is 2.21. The monoisotopic (exact) mass is 310 g/mol. The fourth-order valence-electron chi connectivity index (χ4n) is 1.63. The maximum Gasteiger partial charge on any atom is 0.177 e. The van der Waals surface area contributed by atoms with Gasteiger partial charge in [-0.1, -0.05) is 12.1 Å². The minimum Gasteiger partial charge on any atom is -0.493 e. The average Bonchev–Trinajstić information content (AvgIpc) is 2.77. The third-order valence-corrected chi connectivity index (χ3v) is 3.20. The summed E-state index contributed by atoms with van der Waals surface area (Å²) in [5, 5.41) is 0. The molecule has 96 valence electrons. The van der Waals surface area contributed by atoms with Gasteiger partial charge >= 0.3 is 0 Å². The highest BCUT2D eigenvalue weighted by Crippen LogP contribution is 2.26. The highest BCUT2D eigenvalue weighted by atomic mass is 79.9. The molecule has 0 saturated heterocycles. The van der Waals surface area contributed by atoms with Gasteiger partial charge in [-0.2, -0.15) is 0 Å². The maximum absolute atomic E-state index is 5.71. The van der Waals surface area contributed by atoms with Gasteiger partial charge in [0.2, 0.25) is 0 Å². The van der Waals surface area contributed by atoms with Crippen LogP contribution in [0.3, 0.4) is 0 Å². The van der Waals surface area contributed by atoms with Crippen molar-refractivity contribution in [2.45, 2.75) is 20.1 Å². The number of imidazole rings is 1. The Labute approximate surface area is 115 Å². The van der Waals surface area contributed by atoms with E-state index in [1.807, 2.05) is 35.0 Å². The number of methoxy groups -OCH3 is 1. The summed E-state index contributed by atoms with van der Waals surface area (Å²) >= 11 is 3.40. The van der Waals surface area contributed by atoms with Gasteiger partial charge < -0.3 is 14.0 Å². The minimum atomic E-state index is 0.423. The molecule has 0 fully saturated rings. The molecule has 0 aliphatic rings. The van der Waals surface area contributed by atoms with Gasteiger partial charge in [-0.05, 0) is 35.0 Å². The Morgan fingerprint density at radius 1 is 1.28 bits per heavy atom. The molecule has 0 saturated carbocycles. The van der Waals surface area contributed by atoms with E-state index in [0.29, 0.717) is 6.61 Å². The molecule has 4 nitrogen and oxygen atoms in total. The van der Waals surface area contributed by atoms with E-state index in [-0.39, 0.29) is 0 Å². The van der Waals surface area contributed by atoms with Crippen molar-refractivity contribution in [2.75, 3.05) is 7.11 Å². The molecule has 1 aromatic carbocycles. The van der Waals surface area contributed by atoms with Crippen LogP contribution in [-0.4, -0.2) is 16.7 Å². The number of para-hydroxylation sites is 2. The lowest BCUT2D eigenvalue weighted by Crippen LogP contribution is -1.97. The molecular formula is C13H15BrN2O2. The smallest absolute Gasteiger partial charge is 0.177 e. The van der Waals surface area contributed by atoms with Crippen molar-refractivity contribution in [1.29, 1.82) is 0 Å². The zero-order chi connectivity index (χ0) is 13.0. The van der Waals surface area contributed by atoms with Gasteiger partial charge in [-0.15, -0.1) is 0 Å². The van der Waals surface area contributed by atoms with E-state index in [9.17, 15) is 0 Å². The normalized spacial score (nSPS) is 10.4. The minimum absolute atomic E-state index is 0.423. The summed E-state index contributed by atoms with van der Waals surface area (Å²) < 4.78 is 13.8. The first-order valence-electron chi connectivity index (χ1n) is 5.72. The lowest BCUT2D eigenvalue weighted by atomic mass is 10.3. The lowest BCUT2D eigenvalue weighted by molar-refractivity contribution is 0.281. The first-order valence-corrected chi connectivity index (χ1v) is 6.51. The molecule has 1 heterocycles. The number of benzene rings is 1. The summed E-state index contributed by atoms with van der Waals surface area (Å²) in [5.74, 6) is 1.45. The largest absolute Gasteiger partial charge is 0.493 e. The topological polar surface area (TPSA) is 36.3 Å². The van der Waals surface area contributed by atoms with Crippen molar-refractivity contribution in [3.8, 4) is 11.5 Å². The van der Waals surface area contributed by atoms with Gasteiger partial charge in [0.25, 0.3) is 0 Å². The van der Waals surface area contributed by atoms with Crippen LogP contribution in [-0.2, 0) is 13.2 Å². The van der Waals surface area contributed by atoms with Crippen LogP contribution < -0.4 is 9.47 Å². The van der Waals surface area contributed by atoms with Gasteiger partial charge in [-0.3, -0.25) is 0 Å². The molecule has 2 aromatic rings. The SMILES string of the molecule is CCn1cc(COc2ccccc2OC)nc1Br. The van der Waals surface area contributed by atoms with Crippen LogP contribution in [0.25, 0.3) is 0 Å². The Kier molecular flexibility index (Phi) is 4.25. The number of nitrogens with zero attached hydrogens (tertiary/aromatic N) is 2. The Balaban J connectivity index is 2.06. The predicted molar refractivity (Wildman–Crippen MR) is 72.9 cm³/mol. The first-order chi connectivity index (χ1) is 8.74. The summed E-state index contributed by atoms with van der Waals surface area (Å²) in [5.41, 5.74) is 0.884. The molecule has 0 radical (unpaired) electrons. The van der Waals surface area contributed by atoms with E-state index in [1.54, 1.807) is 7.11 Å². The number of halogens is 1. The number of hydrogen-bond donors (Lipinski definition) is 0. The van der Waals surface area contributed by atoms with Crippen molar-refractivity contribution in [3.05, 3.63) is 40.9 Å². The molecule has 0 spiro atoms. The molecule has 0 amide bonds. The third kappa shape index (κ3) is 2.85. The van der Waals surface area contributed by atoms with Crippen LogP contribution >= 0.6 is 15.9 Å². The van der Waals surface area contributed by atoms with Crippen molar-refractivity contribution in [2.24, 2.45) is 0 Å². The van der Waals surface area contributed by atoms with Crippen LogP contribution in [0.2, 0.25) is 0 Å². The number of aromatic nitrogens is 2. The molecule has 0 N–H and O–H groups in total. The van der Waals surface area contributed by atoms with Gasteiger partial charge in [0.15, 0.2) is 16.2 Å². The van der Waals surface area contributed by atoms with Gasteiger partial charge in [-0.25, -0.2) is 4.98 Å². The van der Waals surface area contributed by atoms with Crippen LogP contribution in [0.15, 0.2) is 35.2 Å². The zero-order valence-corrected chi connectivity index (χ0v) is 12.0. The molecule has 0 bridgehead atoms. The summed E-state index contributed by atoms with van der Waals surface area (Å²) in [6.07, 6.45) is 1.97. The van der Waals surface area contributed by atoms with Crippen LogP contribution in [0.5, 0.6) is 11.5 Å². The predicted octanol–water partition coefficient (Wildman–Crippen LogP) is 3.25. The van der Waals surface area contributed by atoms with Crippen molar-refractivity contribution in [1.82, 2.24) is 9.55 Å². The Morgan fingerprint density at radius 2 is 2.00 bits per heavy atom. The van der Waals surface area contributed by atoms with E-state index < -0.39 is 0 Å². The summed E-state index contributed by atoms with van der Waals surface area (Å²) in [7, 11) is 1.63. The zero-order valence-electron chi connectivity index (χ0n) is 10.4. The van der Waals surface area contributed by atoms with E-state index in [0.717, 1.165) is 28.5 Å². The second-order valence-electron chi connectivity index (χ2n) is 3.73. The highest BCUT2D eigenvalue weighted by Gasteiger charge is 2.07. The van der Waals surface area contributed by atoms with E-state index >= 15 is 0 Å². The van der Waals surface area contributed by atoms with Gasteiger partial charge in [0, 0.05) is 12.7 Å². The van der Waals surface area contributed by atoms with Crippen molar-refractivity contribution >= 4 is 15.9 Å². The molecule has 5 heteroatoms. The quantitative estimate of drug-likeness (QED) is 0.850. The second kappa shape index (κ2) is 5.91.